The number of aliphatic hydroxyl groups excluding tert-OH is 1. The second-order valence-electron chi connectivity index (χ2n) is 10.3. The molecule has 3 aromatic carbocycles. The lowest BCUT2D eigenvalue weighted by atomic mass is 10.0. The number of aliphatic hydroxyl groups is 1. The number of urea groups is 1. The molecule has 0 radical (unpaired) electrons. The van der Waals surface area contributed by atoms with Crippen LogP contribution in [-0.4, -0.2) is 47.1 Å². The Balaban J connectivity index is 1.29. The summed E-state index contributed by atoms with van der Waals surface area (Å²) in [6, 6.07) is 28.8. The molecule has 1 aliphatic heterocycles. The molecule has 228 valence electrons. The highest BCUT2D eigenvalue weighted by molar-refractivity contribution is 7.99. The van der Waals surface area contributed by atoms with Gasteiger partial charge in [-0.1, -0.05) is 72.8 Å². The van der Waals surface area contributed by atoms with Gasteiger partial charge in [-0.15, -0.1) is 11.8 Å². The molecule has 0 aliphatic carbocycles. The van der Waals surface area contributed by atoms with Gasteiger partial charge in [0.2, 0.25) is 0 Å². The number of hydrogen-bond acceptors (Lipinski definition) is 8. The number of benzene rings is 3. The van der Waals surface area contributed by atoms with Crippen LogP contribution in [0.4, 0.5) is 10.5 Å². The minimum Gasteiger partial charge on any atom is -0.467 e. The molecule has 2 amide bonds. The average molecular weight is 614 g/mol. The fourth-order valence-electron chi connectivity index (χ4n) is 4.91. The van der Waals surface area contributed by atoms with Crippen LogP contribution in [-0.2, 0) is 32.0 Å². The van der Waals surface area contributed by atoms with E-state index in [-0.39, 0.29) is 18.8 Å². The number of pyridine rings is 1. The maximum absolute atomic E-state index is 13.0. The third-order valence-electron chi connectivity index (χ3n) is 7.16. The molecule has 1 aliphatic rings. The van der Waals surface area contributed by atoms with Gasteiger partial charge in [0.05, 0.1) is 31.0 Å². The van der Waals surface area contributed by atoms with Crippen LogP contribution >= 0.6 is 11.8 Å². The quantitative estimate of drug-likeness (QED) is 0.143. The number of carbonyl (C=O) groups is 2. The predicted molar refractivity (Wildman–Crippen MR) is 168 cm³/mol. The van der Waals surface area contributed by atoms with Gasteiger partial charge in [0, 0.05) is 36.0 Å². The SMILES string of the molecule is COC(=O)[C@H](Cc1ccccc1)NC(=O)Nc1cccc([C@@H]2O[C@H](CSc3ccccn3)C[C@H](c3ccc(CO)cc3)O2)c1. The van der Waals surface area contributed by atoms with Crippen molar-refractivity contribution >= 4 is 29.4 Å². The summed E-state index contributed by atoms with van der Waals surface area (Å²) in [6.45, 7) is -0.0269. The Kier molecular flexibility index (Phi) is 11.0. The number of thioether (sulfide) groups is 1. The second-order valence-corrected chi connectivity index (χ2v) is 11.4. The molecular formula is C34H35N3O6S. The van der Waals surface area contributed by atoms with Crippen LogP contribution in [0.15, 0.2) is 108 Å². The van der Waals surface area contributed by atoms with Crippen molar-refractivity contribution in [3.63, 3.8) is 0 Å². The van der Waals surface area contributed by atoms with Crippen molar-refractivity contribution in [2.24, 2.45) is 0 Å². The summed E-state index contributed by atoms with van der Waals surface area (Å²) in [7, 11) is 1.30. The van der Waals surface area contributed by atoms with Gasteiger partial charge in [0.15, 0.2) is 6.29 Å². The normalized spacial score (nSPS) is 18.6. The van der Waals surface area contributed by atoms with Gasteiger partial charge >= 0.3 is 12.0 Å². The van der Waals surface area contributed by atoms with Gasteiger partial charge in [-0.05, 0) is 41.0 Å². The maximum atomic E-state index is 13.0. The predicted octanol–water partition coefficient (Wildman–Crippen LogP) is 5.82. The van der Waals surface area contributed by atoms with Crippen molar-refractivity contribution in [3.05, 3.63) is 126 Å². The Morgan fingerprint density at radius 2 is 1.75 bits per heavy atom. The number of nitrogens with zero attached hydrogens (tertiary/aromatic N) is 1. The lowest BCUT2D eigenvalue weighted by Gasteiger charge is -2.36. The third kappa shape index (κ3) is 8.67. The van der Waals surface area contributed by atoms with E-state index >= 15 is 0 Å². The van der Waals surface area contributed by atoms with Gasteiger partial charge in [-0.3, -0.25) is 0 Å². The Morgan fingerprint density at radius 1 is 0.955 bits per heavy atom. The van der Waals surface area contributed by atoms with Gasteiger partial charge in [-0.25, -0.2) is 14.6 Å². The van der Waals surface area contributed by atoms with E-state index in [0.717, 1.165) is 27.3 Å². The minimum absolute atomic E-state index is 0.0269. The zero-order valence-electron chi connectivity index (χ0n) is 24.3. The molecule has 44 heavy (non-hydrogen) atoms. The van der Waals surface area contributed by atoms with Crippen molar-refractivity contribution in [1.82, 2.24) is 10.3 Å². The van der Waals surface area contributed by atoms with E-state index in [9.17, 15) is 14.7 Å². The van der Waals surface area contributed by atoms with E-state index in [2.05, 4.69) is 15.6 Å². The number of carbonyl (C=O) groups excluding carboxylic acids is 2. The molecule has 3 N–H and O–H groups in total. The number of amides is 2. The van der Waals surface area contributed by atoms with Gasteiger partial charge in [0.25, 0.3) is 0 Å². The van der Waals surface area contributed by atoms with E-state index in [4.69, 9.17) is 14.2 Å². The smallest absolute Gasteiger partial charge is 0.328 e. The van der Waals surface area contributed by atoms with Crippen LogP contribution in [0.2, 0.25) is 0 Å². The van der Waals surface area contributed by atoms with Crippen LogP contribution in [0.5, 0.6) is 0 Å². The zero-order chi connectivity index (χ0) is 30.7. The second kappa shape index (κ2) is 15.5. The van der Waals surface area contributed by atoms with E-state index in [1.807, 2.05) is 84.9 Å². The van der Waals surface area contributed by atoms with Crippen LogP contribution in [0, 0.1) is 0 Å². The fraction of sp³-hybridized carbons (Fsp3) is 0.265. The number of nitrogens with one attached hydrogen (secondary N) is 2. The highest BCUT2D eigenvalue weighted by Crippen LogP contribution is 2.39. The molecule has 1 saturated heterocycles. The highest BCUT2D eigenvalue weighted by atomic mass is 32.2. The first-order chi connectivity index (χ1) is 21.5. The number of hydrogen-bond donors (Lipinski definition) is 3. The molecular weight excluding hydrogens is 578 g/mol. The molecule has 0 spiro atoms. The van der Waals surface area contributed by atoms with Gasteiger partial charge < -0.3 is 30.0 Å². The molecule has 4 atom stereocenters. The first kappa shape index (κ1) is 31.2. The summed E-state index contributed by atoms with van der Waals surface area (Å²) in [5.41, 5.74) is 3.97. The summed E-state index contributed by atoms with van der Waals surface area (Å²) in [6.07, 6.45) is 1.64. The van der Waals surface area contributed by atoms with Crippen molar-refractivity contribution in [2.75, 3.05) is 18.2 Å². The molecule has 1 fully saturated rings. The average Bonchev–Trinajstić information content (AvgIpc) is 3.07. The fourth-order valence-corrected chi connectivity index (χ4v) is 5.79. The zero-order valence-corrected chi connectivity index (χ0v) is 25.1. The number of rotatable bonds is 11. The van der Waals surface area contributed by atoms with Crippen LogP contribution in [0.1, 0.15) is 41.1 Å². The molecule has 0 saturated carbocycles. The van der Waals surface area contributed by atoms with E-state index in [1.165, 1.54) is 7.11 Å². The molecule has 4 aromatic rings. The van der Waals surface area contributed by atoms with Gasteiger partial charge in [-0.2, -0.15) is 0 Å². The molecule has 0 bridgehead atoms. The standard InChI is InChI=1S/C34H35N3O6S/c1-41-32(39)29(18-23-8-3-2-4-9-23)37-34(40)36-27-11-7-10-26(19-27)33-42-28(22-44-31-12-5-6-17-35-31)20-30(43-33)25-15-13-24(21-38)14-16-25/h2-17,19,28-30,33,38H,18,20-22H2,1H3,(H2,36,37,40)/t28-,29-,30+,33+/m0/s1. The molecule has 10 heteroatoms. The molecule has 0 unspecified atom stereocenters. The summed E-state index contributed by atoms with van der Waals surface area (Å²) >= 11 is 1.62. The topological polar surface area (TPSA) is 119 Å². The van der Waals surface area contributed by atoms with Crippen molar-refractivity contribution in [3.8, 4) is 0 Å². The van der Waals surface area contributed by atoms with E-state index in [1.54, 1.807) is 30.1 Å². The first-order valence-electron chi connectivity index (χ1n) is 14.3. The largest absolute Gasteiger partial charge is 0.467 e. The van der Waals surface area contributed by atoms with Crippen molar-refractivity contribution < 1.29 is 28.9 Å². The Bertz CT molecular complexity index is 1510. The van der Waals surface area contributed by atoms with Crippen molar-refractivity contribution in [2.45, 2.75) is 49.0 Å². The number of aromatic nitrogens is 1. The summed E-state index contributed by atoms with van der Waals surface area (Å²) in [4.78, 5) is 29.8. The summed E-state index contributed by atoms with van der Waals surface area (Å²) in [5.74, 6) is 0.146. The van der Waals surface area contributed by atoms with E-state index < -0.39 is 24.3 Å². The lowest BCUT2D eigenvalue weighted by molar-refractivity contribution is -0.245. The summed E-state index contributed by atoms with van der Waals surface area (Å²) < 4.78 is 17.8. The molecule has 5 rings (SSSR count). The highest BCUT2D eigenvalue weighted by Gasteiger charge is 2.32. The number of anilines is 1. The number of ether oxygens (including phenoxy) is 3. The lowest BCUT2D eigenvalue weighted by Crippen LogP contribution is -2.45. The number of esters is 1. The van der Waals surface area contributed by atoms with Crippen LogP contribution in [0.3, 0.4) is 0 Å². The van der Waals surface area contributed by atoms with Gasteiger partial charge in [0.1, 0.15) is 6.04 Å². The molecule has 1 aromatic heterocycles. The van der Waals surface area contributed by atoms with Crippen LogP contribution < -0.4 is 10.6 Å². The molecule has 2 heterocycles. The Labute approximate surface area is 261 Å². The Morgan fingerprint density at radius 3 is 2.48 bits per heavy atom. The number of methoxy groups -OCH3 is 1. The first-order valence-corrected chi connectivity index (χ1v) is 15.3. The van der Waals surface area contributed by atoms with E-state index in [0.29, 0.717) is 24.3 Å². The maximum Gasteiger partial charge on any atom is 0.328 e. The van der Waals surface area contributed by atoms with Crippen molar-refractivity contribution in [1.29, 1.82) is 0 Å². The minimum atomic E-state index is -0.856. The Hall–Kier alpha value is -4.22. The third-order valence-corrected chi connectivity index (χ3v) is 8.24. The summed E-state index contributed by atoms with van der Waals surface area (Å²) in [5, 5.41) is 15.9. The monoisotopic (exact) mass is 613 g/mol. The van der Waals surface area contributed by atoms with Crippen LogP contribution in [0.25, 0.3) is 0 Å². The molecule has 9 nitrogen and oxygen atoms in total.